The van der Waals surface area contributed by atoms with Crippen LogP contribution in [0, 0.1) is 0 Å². The number of fused-ring (bicyclic) bond motifs is 2. The van der Waals surface area contributed by atoms with Crippen LogP contribution < -0.4 is 14.8 Å². The van der Waals surface area contributed by atoms with Crippen LogP contribution in [-0.2, 0) is 19.3 Å². The number of hydrogen-bond donors (Lipinski definition) is 2. The van der Waals surface area contributed by atoms with Crippen LogP contribution >= 0.6 is 0 Å². The summed E-state index contributed by atoms with van der Waals surface area (Å²) in [5, 5.41) is 4.80. The van der Waals surface area contributed by atoms with E-state index >= 15 is 0 Å². The van der Waals surface area contributed by atoms with E-state index in [1.807, 2.05) is 12.1 Å². The molecule has 0 radical (unpaired) electrons. The Hall–Kier alpha value is -2.60. The van der Waals surface area contributed by atoms with Gasteiger partial charge in [-0.2, -0.15) is 0 Å². The average molecular weight is 395 g/mol. The molecule has 2 N–H and O–H groups in total. The summed E-state index contributed by atoms with van der Waals surface area (Å²) < 4.78 is 11.1. The van der Waals surface area contributed by atoms with Crippen LogP contribution in [-0.4, -0.2) is 41.8 Å². The number of aromatic nitrogens is 3. The molecular weight excluding hydrogens is 364 g/mol. The van der Waals surface area contributed by atoms with E-state index in [4.69, 9.17) is 9.47 Å². The van der Waals surface area contributed by atoms with E-state index in [1.54, 1.807) is 13.3 Å². The second-order valence-corrected chi connectivity index (χ2v) is 7.59. The third-order valence-electron chi connectivity index (χ3n) is 5.53. The molecular formula is C23H30N4O2. The highest BCUT2D eigenvalue weighted by Crippen LogP contribution is 2.23. The van der Waals surface area contributed by atoms with E-state index in [1.165, 1.54) is 23.8 Å². The molecule has 1 aliphatic rings. The van der Waals surface area contributed by atoms with E-state index in [2.05, 4.69) is 32.5 Å². The number of nitrogens with one attached hydrogen (secondary N) is 2. The molecule has 0 bridgehead atoms. The zero-order valence-electron chi connectivity index (χ0n) is 17.2. The number of aromatic amines is 1. The van der Waals surface area contributed by atoms with Crippen molar-refractivity contribution in [3.63, 3.8) is 0 Å². The maximum Gasteiger partial charge on any atom is 0.232 e. The predicted molar refractivity (Wildman–Crippen MR) is 115 cm³/mol. The van der Waals surface area contributed by atoms with Gasteiger partial charge in [0.25, 0.3) is 0 Å². The van der Waals surface area contributed by atoms with Crippen LogP contribution in [0.2, 0.25) is 0 Å². The zero-order valence-corrected chi connectivity index (χ0v) is 17.2. The van der Waals surface area contributed by atoms with Crippen molar-refractivity contribution in [2.24, 2.45) is 0 Å². The van der Waals surface area contributed by atoms with Gasteiger partial charge in [-0.05, 0) is 75.7 Å². The van der Waals surface area contributed by atoms with Crippen molar-refractivity contribution in [2.45, 2.75) is 44.9 Å². The first kappa shape index (κ1) is 19.7. The van der Waals surface area contributed by atoms with Gasteiger partial charge in [0.2, 0.25) is 5.88 Å². The Labute approximate surface area is 172 Å². The van der Waals surface area contributed by atoms with Crippen molar-refractivity contribution in [1.29, 1.82) is 0 Å². The Morgan fingerprint density at radius 1 is 1.10 bits per heavy atom. The molecule has 0 saturated heterocycles. The summed E-state index contributed by atoms with van der Waals surface area (Å²) >= 11 is 0. The monoisotopic (exact) mass is 394 g/mol. The van der Waals surface area contributed by atoms with Gasteiger partial charge in [-0.3, -0.25) is 4.98 Å². The van der Waals surface area contributed by atoms with Crippen LogP contribution in [0.25, 0.3) is 10.9 Å². The normalized spacial score (nSPS) is 13.4. The highest BCUT2D eigenvalue weighted by atomic mass is 16.5. The molecule has 6 heteroatoms. The maximum absolute atomic E-state index is 5.79. The van der Waals surface area contributed by atoms with E-state index in [0.29, 0.717) is 12.5 Å². The van der Waals surface area contributed by atoms with Gasteiger partial charge in [-0.15, -0.1) is 0 Å². The van der Waals surface area contributed by atoms with Crippen molar-refractivity contribution in [1.82, 2.24) is 20.3 Å². The smallest absolute Gasteiger partial charge is 0.232 e. The van der Waals surface area contributed by atoms with Gasteiger partial charge < -0.3 is 19.8 Å². The summed E-state index contributed by atoms with van der Waals surface area (Å²) in [4.78, 5) is 12.4. The summed E-state index contributed by atoms with van der Waals surface area (Å²) in [6, 6.07) is 6.18. The lowest BCUT2D eigenvalue weighted by atomic mass is 10.0. The molecule has 3 aromatic rings. The molecule has 0 amide bonds. The lowest BCUT2D eigenvalue weighted by Crippen LogP contribution is -2.19. The van der Waals surface area contributed by atoms with E-state index < -0.39 is 0 Å². The molecule has 1 aliphatic carbocycles. The minimum absolute atomic E-state index is 0.676. The van der Waals surface area contributed by atoms with Gasteiger partial charge in [0.05, 0.1) is 31.3 Å². The first-order valence-corrected chi connectivity index (χ1v) is 10.7. The van der Waals surface area contributed by atoms with E-state index in [0.717, 1.165) is 67.8 Å². The number of benzene rings is 1. The predicted octanol–water partition coefficient (Wildman–Crippen LogP) is 3.84. The van der Waals surface area contributed by atoms with Gasteiger partial charge in [-0.1, -0.05) is 0 Å². The SMILES string of the molecule is COc1ccc2c(CCNCCCCOc3cnc4c(n3)CCCC4)c[nH]c2c1. The summed E-state index contributed by atoms with van der Waals surface area (Å²) in [6.07, 6.45) is 11.5. The highest BCUT2D eigenvalue weighted by Gasteiger charge is 2.12. The van der Waals surface area contributed by atoms with Crippen LogP contribution in [0.5, 0.6) is 11.6 Å². The second kappa shape index (κ2) is 9.74. The Balaban J connectivity index is 1.11. The van der Waals surface area contributed by atoms with Crippen LogP contribution in [0.1, 0.15) is 42.6 Å². The molecule has 154 valence electrons. The number of unbranched alkanes of at least 4 members (excludes halogenated alkanes) is 1. The van der Waals surface area contributed by atoms with Crippen molar-refractivity contribution < 1.29 is 9.47 Å². The van der Waals surface area contributed by atoms with Crippen LogP contribution in [0.15, 0.2) is 30.6 Å². The fourth-order valence-corrected chi connectivity index (χ4v) is 3.87. The van der Waals surface area contributed by atoms with Crippen molar-refractivity contribution in [2.75, 3.05) is 26.8 Å². The lowest BCUT2D eigenvalue weighted by molar-refractivity contribution is 0.291. The molecule has 6 nitrogen and oxygen atoms in total. The molecule has 1 aromatic carbocycles. The third kappa shape index (κ3) is 5.07. The van der Waals surface area contributed by atoms with Gasteiger partial charge in [-0.25, -0.2) is 4.98 Å². The molecule has 0 unspecified atom stereocenters. The molecule has 0 atom stereocenters. The minimum Gasteiger partial charge on any atom is -0.497 e. The quantitative estimate of drug-likeness (QED) is 0.511. The Morgan fingerprint density at radius 2 is 2.00 bits per heavy atom. The number of H-pyrrole nitrogens is 1. The summed E-state index contributed by atoms with van der Waals surface area (Å²) in [7, 11) is 1.69. The summed E-state index contributed by atoms with van der Waals surface area (Å²) in [6.45, 7) is 2.66. The number of ether oxygens (including phenoxy) is 2. The highest BCUT2D eigenvalue weighted by molar-refractivity contribution is 5.84. The Kier molecular flexibility index (Phi) is 6.62. The minimum atomic E-state index is 0.676. The maximum atomic E-state index is 5.79. The van der Waals surface area contributed by atoms with Crippen molar-refractivity contribution in [3.05, 3.63) is 47.5 Å². The first-order chi connectivity index (χ1) is 14.3. The topological polar surface area (TPSA) is 72.1 Å². The van der Waals surface area contributed by atoms with Crippen LogP contribution in [0.3, 0.4) is 0 Å². The molecule has 4 rings (SSSR count). The Bertz CT molecular complexity index is 938. The third-order valence-corrected chi connectivity index (χ3v) is 5.53. The Morgan fingerprint density at radius 3 is 2.90 bits per heavy atom. The summed E-state index contributed by atoms with van der Waals surface area (Å²) in [5.74, 6) is 1.56. The van der Waals surface area contributed by atoms with E-state index in [-0.39, 0.29) is 0 Å². The lowest BCUT2D eigenvalue weighted by Gasteiger charge is -2.14. The summed E-state index contributed by atoms with van der Waals surface area (Å²) in [5.41, 5.74) is 4.75. The van der Waals surface area contributed by atoms with Gasteiger partial charge >= 0.3 is 0 Å². The average Bonchev–Trinajstić information content (AvgIpc) is 3.17. The van der Waals surface area contributed by atoms with Gasteiger partial charge in [0.1, 0.15) is 5.75 Å². The molecule has 2 aromatic heterocycles. The van der Waals surface area contributed by atoms with Crippen molar-refractivity contribution in [3.8, 4) is 11.6 Å². The van der Waals surface area contributed by atoms with E-state index in [9.17, 15) is 0 Å². The molecule has 2 heterocycles. The number of aryl methyl sites for hydroxylation is 2. The number of methoxy groups -OCH3 is 1. The number of nitrogens with zero attached hydrogens (tertiary/aromatic N) is 2. The molecule has 0 aliphatic heterocycles. The fourth-order valence-electron chi connectivity index (χ4n) is 3.87. The second-order valence-electron chi connectivity index (χ2n) is 7.59. The van der Waals surface area contributed by atoms with Gasteiger partial charge in [0, 0.05) is 23.2 Å². The standard InChI is InChI=1S/C23H30N4O2/c1-28-18-8-9-19-17(15-25-22(19)14-18)10-12-24-11-4-5-13-29-23-16-26-20-6-2-3-7-21(20)27-23/h8-9,14-16,24-25H,2-7,10-13H2,1H3. The largest absolute Gasteiger partial charge is 0.497 e. The molecule has 0 spiro atoms. The fraction of sp³-hybridized carbons (Fsp3) is 0.478. The molecule has 29 heavy (non-hydrogen) atoms. The van der Waals surface area contributed by atoms with Crippen molar-refractivity contribution >= 4 is 10.9 Å². The van der Waals surface area contributed by atoms with Crippen LogP contribution in [0.4, 0.5) is 0 Å². The number of rotatable bonds is 10. The van der Waals surface area contributed by atoms with Gasteiger partial charge in [0.15, 0.2) is 0 Å². The number of hydrogen-bond acceptors (Lipinski definition) is 5. The zero-order chi connectivity index (χ0) is 19.9. The molecule has 0 saturated carbocycles. The first-order valence-electron chi connectivity index (χ1n) is 10.7. The molecule has 0 fully saturated rings.